The molecule has 0 spiro atoms. The minimum atomic E-state index is -0.199. The standard InChI is InChI=1S/C22H22N4O/c1-16-8-9-19(14-17(16)2)21(27)26-22(25-20-6-4-3-5-7-20)24-15-18-10-12-23-13-11-18/h3-14H,15H2,1-2H3,(H2,24,25,26,27). The molecule has 2 N–H and O–H groups in total. The minimum absolute atomic E-state index is 0.199. The predicted molar refractivity (Wildman–Crippen MR) is 109 cm³/mol. The third-order valence-electron chi connectivity index (χ3n) is 4.21. The van der Waals surface area contributed by atoms with Crippen LogP contribution in [0.2, 0.25) is 0 Å². The van der Waals surface area contributed by atoms with E-state index < -0.39 is 0 Å². The summed E-state index contributed by atoms with van der Waals surface area (Å²) in [5.74, 6) is 0.205. The molecule has 0 atom stereocenters. The summed E-state index contributed by atoms with van der Waals surface area (Å²) in [6, 6.07) is 19.1. The van der Waals surface area contributed by atoms with Crippen LogP contribution in [-0.2, 0) is 6.54 Å². The predicted octanol–water partition coefficient (Wildman–Crippen LogP) is 4.10. The number of aliphatic imine (C=N–C) groups is 1. The van der Waals surface area contributed by atoms with Crippen LogP contribution in [0.5, 0.6) is 0 Å². The Morgan fingerprint density at radius 1 is 0.963 bits per heavy atom. The molecule has 1 aromatic heterocycles. The molecule has 0 bridgehead atoms. The number of carbonyl (C=O) groups excluding carboxylic acids is 1. The molecule has 0 unspecified atom stereocenters. The zero-order valence-electron chi connectivity index (χ0n) is 15.4. The number of aromatic nitrogens is 1. The molecule has 0 radical (unpaired) electrons. The number of aryl methyl sites for hydroxylation is 2. The van der Waals surface area contributed by atoms with Crippen molar-refractivity contribution in [3.8, 4) is 0 Å². The number of anilines is 1. The highest BCUT2D eigenvalue weighted by Crippen LogP contribution is 2.10. The molecular weight excluding hydrogens is 336 g/mol. The van der Waals surface area contributed by atoms with Crippen LogP contribution in [-0.4, -0.2) is 16.9 Å². The highest BCUT2D eigenvalue weighted by Gasteiger charge is 2.10. The number of rotatable bonds is 4. The Labute approximate surface area is 159 Å². The lowest BCUT2D eigenvalue weighted by Gasteiger charge is -2.12. The van der Waals surface area contributed by atoms with E-state index in [0.717, 1.165) is 22.4 Å². The first-order chi connectivity index (χ1) is 13.1. The van der Waals surface area contributed by atoms with Crippen molar-refractivity contribution in [3.63, 3.8) is 0 Å². The molecule has 0 saturated carbocycles. The molecule has 0 saturated heterocycles. The van der Waals surface area contributed by atoms with Gasteiger partial charge in [-0.05, 0) is 66.9 Å². The van der Waals surface area contributed by atoms with Crippen LogP contribution in [0.15, 0.2) is 78.0 Å². The normalized spacial score (nSPS) is 11.1. The van der Waals surface area contributed by atoms with Gasteiger partial charge in [-0.15, -0.1) is 0 Å². The number of pyridine rings is 1. The van der Waals surface area contributed by atoms with Crippen LogP contribution < -0.4 is 10.6 Å². The van der Waals surface area contributed by atoms with Crippen LogP contribution in [0.3, 0.4) is 0 Å². The monoisotopic (exact) mass is 358 g/mol. The number of nitrogens with one attached hydrogen (secondary N) is 2. The van der Waals surface area contributed by atoms with Crippen molar-refractivity contribution in [2.24, 2.45) is 4.99 Å². The summed E-state index contributed by atoms with van der Waals surface area (Å²) in [6.07, 6.45) is 3.45. The van der Waals surface area contributed by atoms with Crippen LogP contribution in [0.1, 0.15) is 27.0 Å². The number of carbonyl (C=O) groups is 1. The second kappa shape index (κ2) is 8.76. The number of para-hydroxylation sites is 1. The number of hydrogen-bond donors (Lipinski definition) is 2. The molecular formula is C22H22N4O. The molecule has 1 heterocycles. The smallest absolute Gasteiger partial charge is 0.257 e. The summed E-state index contributed by atoms with van der Waals surface area (Å²) in [5, 5.41) is 6.06. The number of hydrogen-bond acceptors (Lipinski definition) is 3. The van der Waals surface area contributed by atoms with Gasteiger partial charge in [-0.25, -0.2) is 4.99 Å². The second-order valence-electron chi connectivity index (χ2n) is 6.26. The van der Waals surface area contributed by atoms with Crippen molar-refractivity contribution in [1.29, 1.82) is 0 Å². The molecule has 0 aliphatic heterocycles. The molecule has 2 aromatic carbocycles. The molecule has 0 aliphatic carbocycles. The van der Waals surface area contributed by atoms with Gasteiger partial charge in [-0.3, -0.25) is 15.1 Å². The van der Waals surface area contributed by atoms with E-state index in [0.29, 0.717) is 18.1 Å². The third kappa shape index (κ3) is 5.25. The lowest BCUT2D eigenvalue weighted by Crippen LogP contribution is -2.36. The molecule has 0 aliphatic rings. The SMILES string of the molecule is Cc1ccc(C(=O)NC(=NCc2ccncc2)Nc2ccccc2)cc1C. The number of amides is 1. The van der Waals surface area contributed by atoms with E-state index in [1.807, 2.05) is 74.5 Å². The first-order valence-corrected chi connectivity index (χ1v) is 8.76. The van der Waals surface area contributed by atoms with Crippen LogP contribution in [0.25, 0.3) is 0 Å². The van der Waals surface area contributed by atoms with Crippen LogP contribution in [0, 0.1) is 13.8 Å². The first-order valence-electron chi connectivity index (χ1n) is 8.76. The van der Waals surface area contributed by atoms with Gasteiger partial charge in [0.1, 0.15) is 0 Å². The Balaban J connectivity index is 1.79. The van der Waals surface area contributed by atoms with E-state index in [1.165, 1.54) is 0 Å². The zero-order valence-corrected chi connectivity index (χ0v) is 15.4. The average molecular weight is 358 g/mol. The highest BCUT2D eigenvalue weighted by molar-refractivity contribution is 6.10. The van der Waals surface area contributed by atoms with E-state index in [2.05, 4.69) is 20.6 Å². The van der Waals surface area contributed by atoms with E-state index in [-0.39, 0.29) is 5.91 Å². The molecule has 136 valence electrons. The van der Waals surface area contributed by atoms with Crippen molar-refractivity contribution < 1.29 is 4.79 Å². The van der Waals surface area contributed by atoms with E-state index >= 15 is 0 Å². The largest absolute Gasteiger partial charge is 0.326 e. The van der Waals surface area contributed by atoms with Gasteiger partial charge in [-0.2, -0.15) is 0 Å². The van der Waals surface area contributed by atoms with Gasteiger partial charge in [-0.1, -0.05) is 24.3 Å². The van der Waals surface area contributed by atoms with Gasteiger partial charge in [0.25, 0.3) is 5.91 Å². The van der Waals surface area contributed by atoms with Crippen molar-refractivity contribution in [2.45, 2.75) is 20.4 Å². The summed E-state index contributed by atoms with van der Waals surface area (Å²) < 4.78 is 0. The van der Waals surface area contributed by atoms with Crippen molar-refractivity contribution in [2.75, 3.05) is 5.32 Å². The Morgan fingerprint density at radius 2 is 1.70 bits per heavy atom. The van der Waals surface area contributed by atoms with Gasteiger partial charge in [0, 0.05) is 23.6 Å². The fourth-order valence-electron chi connectivity index (χ4n) is 2.49. The fraction of sp³-hybridized carbons (Fsp3) is 0.136. The van der Waals surface area contributed by atoms with Gasteiger partial charge in [0.2, 0.25) is 5.96 Å². The van der Waals surface area contributed by atoms with Crippen LogP contribution in [0.4, 0.5) is 5.69 Å². The topological polar surface area (TPSA) is 66.4 Å². The Bertz CT molecular complexity index is 937. The first kappa shape index (κ1) is 18.3. The van der Waals surface area contributed by atoms with E-state index in [9.17, 15) is 4.79 Å². The number of benzene rings is 2. The third-order valence-corrected chi connectivity index (χ3v) is 4.21. The Morgan fingerprint density at radius 3 is 2.41 bits per heavy atom. The average Bonchev–Trinajstić information content (AvgIpc) is 2.70. The molecule has 27 heavy (non-hydrogen) atoms. The van der Waals surface area contributed by atoms with Gasteiger partial charge in [0.05, 0.1) is 6.54 Å². The van der Waals surface area contributed by atoms with Gasteiger partial charge in [0.15, 0.2) is 0 Å². The number of nitrogens with zero attached hydrogens (tertiary/aromatic N) is 2. The summed E-state index contributed by atoms with van der Waals surface area (Å²) in [7, 11) is 0. The minimum Gasteiger partial charge on any atom is -0.326 e. The highest BCUT2D eigenvalue weighted by atomic mass is 16.1. The fourth-order valence-corrected chi connectivity index (χ4v) is 2.49. The molecule has 1 amide bonds. The van der Waals surface area contributed by atoms with Gasteiger partial charge >= 0.3 is 0 Å². The summed E-state index contributed by atoms with van der Waals surface area (Å²) in [5.41, 5.74) is 4.70. The quantitative estimate of drug-likeness (QED) is 0.545. The Hall–Kier alpha value is -3.47. The van der Waals surface area contributed by atoms with E-state index in [1.54, 1.807) is 12.4 Å². The summed E-state index contributed by atoms with van der Waals surface area (Å²) >= 11 is 0. The second-order valence-corrected chi connectivity index (χ2v) is 6.26. The van der Waals surface area contributed by atoms with Crippen molar-refractivity contribution >= 4 is 17.6 Å². The molecule has 0 fully saturated rings. The van der Waals surface area contributed by atoms with Gasteiger partial charge < -0.3 is 5.32 Å². The maximum atomic E-state index is 12.7. The molecule has 3 rings (SSSR count). The maximum Gasteiger partial charge on any atom is 0.257 e. The molecule has 5 heteroatoms. The van der Waals surface area contributed by atoms with E-state index in [4.69, 9.17) is 0 Å². The summed E-state index contributed by atoms with van der Waals surface area (Å²) in [6.45, 7) is 4.45. The molecule has 3 aromatic rings. The molecule has 5 nitrogen and oxygen atoms in total. The van der Waals surface area contributed by atoms with Crippen molar-refractivity contribution in [1.82, 2.24) is 10.3 Å². The lowest BCUT2D eigenvalue weighted by atomic mass is 10.1. The number of guanidine groups is 1. The summed E-state index contributed by atoms with van der Waals surface area (Å²) in [4.78, 5) is 21.2. The van der Waals surface area contributed by atoms with Crippen LogP contribution >= 0.6 is 0 Å². The van der Waals surface area contributed by atoms with Crippen molar-refractivity contribution in [3.05, 3.63) is 95.3 Å². The Kier molecular flexibility index (Phi) is 5.94. The maximum absolute atomic E-state index is 12.7. The zero-order chi connectivity index (χ0) is 19.1. The lowest BCUT2D eigenvalue weighted by molar-refractivity contribution is 0.0977.